The summed E-state index contributed by atoms with van der Waals surface area (Å²) in [6.07, 6.45) is -0.492. The monoisotopic (exact) mass is 354 g/mol. The Hall–Kier alpha value is -2.69. The SMILES string of the molecule is COc1ccccc1N1CCN(C(=O)[C@H](C)Oc2ccccc2C)CC1. The third-order valence-corrected chi connectivity index (χ3v) is 4.76. The predicted octanol–water partition coefficient (Wildman–Crippen LogP) is 3.12. The highest BCUT2D eigenvalue weighted by Crippen LogP contribution is 2.28. The Morgan fingerprint density at radius 1 is 0.962 bits per heavy atom. The van der Waals surface area contributed by atoms with Gasteiger partial charge < -0.3 is 19.3 Å². The molecule has 26 heavy (non-hydrogen) atoms. The second kappa shape index (κ2) is 8.13. The minimum absolute atomic E-state index is 0.0351. The summed E-state index contributed by atoms with van der Waals surface area (Å²) in [6.45, 7) is 6.73. The lowest BCUT2D eigenvalue weighted by molar-refractivity contribution is -0.138. The van der Waals surface area contributed by atoms with E-state index in [9.17, 15) is 4.79 Å². The van der Waals surface area contributed by atoms with Gasteiger partial charge in [0, 0.05) is 26.2 Å². The van der Waals surface area contributed by atoms with E-state index in [-0.39, 0.29) is 5.91 Å². The first kappa shape index (κ1) is 18.1. The first-order chi connectivity index (χ1) is 12.6. The summed E-state index contributed by atoms with van der Waals surface area (Å²) in [6, 6.07) is 15.8. The van der Waals surface area contributed by atoms with Crippen molar-refractivity contribution in [2.24, 2.45) is 0 Å². The van der Waals surface area contributed by atoms with Crippen LogP contribution in [0.2, 0.25) is 0 Å². The number of para-hydroxylation sites is 3. The van der Waals surface area contributed by atoms with Gasteiger partial charge in [-0.1, -0.05) is 30.3 Å². The van der Waals surface area contributed by atoms with Crippen molar-refractivity contribution in [2.45, 2.75) is 20.0 Å². The van der Waals surface area contributed by atoms with Crippen molar-refractivity contribution >= 4 is 11.6 Å². The van der Waals surface area contributed by atoms with E-state index in [1.807, 2.05) is 61.2 Å². The van der Waals surface area contributed by atoms with E-state index in [1.165, 1.54) is 0 Å². The van der Waals surface area contributed by atoms with Crippen molar-refractivity contribution in [3.05, 3.63) is 54.1 Å². The van der Waals surface area contributed by atoms with Crippen molar-refractivity contribution in [3.63, 3.8) is 0 Å². The maximum absolute atomic E-state index is 12.7. The summed E-state index contributed by atoms with van der Waals surface area (Å²) >= 11 is 0. The summed E-state index contributed by atoms with van der Waals surface area (Å²) in [5.74, 6) is 1.66. The number of carbonyl (C=O) groups is 1. The number of hydrogen-bond donors (Lipinski definition) is 0. The zero-order valence-electron chi connectivity index (χ0n) is 15.6. The molecule has 0 saturated carbocycles. The number of aryl methyl sites for hydroxylation is 1. The lowest BCUT2D eigenvalue weighted by atomic mass is 10.2. The van der Waals surface area contributed by atoms with Crippen LogP contribution in [0.3, 0.4) is 0 Å². The number of methoxy groups -OCH3 is 1. The summed E-state index contributed by atoms with van der Waals surface area (Å²) < 4.78 is 11.3. The fourth-order valence-corrected chi connectivity index (χ4v) is 3.25. The van der Waals surface area contributed by atoms with Crippen LogP contribution in [0.1, 0.15) is 12.5 Å². The zero-order valence-corrected chi connectivity index (χ0v) is 15.6. The molecule has 1 amide bonds. The fraction of sp³-hybridized carbons (Fsp3) is 0.381. The summed E-state index contributed by atoms with van der Waals surface area (Å²) in [7, 11) is 1.68. The Morgan fingerprint density at radius 2 is 1.58 bits per heavy atom. The molecule has 0 radical (unpaired) electrons. The summed E-state index contributed by atoms with van der Waals surface area (Å²) in [5.41, 5.74) is 2.11. The van der Waals surface area contributed by atoms with E-state index >= 15 is 0 Å². The molecule has 1 fully saturated rings. The Labute approximate surface area is 155 Å². The Morgan fingerprint density at radius 3 is 2.23 bits per heavy atom. The average Bonchev–Trinajstić information content (AvgIpc) is 2.69. The molecule has 5 nitrogen and oxygen atoms in total. The molecule has 0 unspecified atom stereocenters. The molecule has 1 atom stereocenters. The highest BCUT2D eigenvalue weighted by Gasteiger charge is 2.27. The molecule has 3 rings (SSSR count). The van der Waals surface area contributed by atoms with E-state index in [4.69, 9.17) is 9.47 Å². The van der Waals surface area contributed by atoms with E-state index in [0.29, 0.717) is 13.1 Å². The number of piperazine rings is 1. The largest absolute Gasteiger partial charge is 0.495 e. The van der Waals surface area contributed by atoms with Gasteiger partial charge in [0.25, 0.3) is 5.91 Å². The van der Waals surface area contributed by atoms with Gasteiger partial charge in [0.15, 0.2) is 6.10 Å². The van der Waals surface area contributed by atoms with Crippen molar-refractivity contribution < 1.29 is 14.3 Å². The smallest absolute Gasteiger partial charge is 0.263 e. The fourth-order valence-electron chi connectivity index (χ4n) is 3.25. The third kappa shape index (κ3) is 3.93. The van der Waals surface area contributed by atoms with Gasteiger partial charge in [-0.25, -0.2) is 0 Å². The van der Waals surface area contributed by atoms with Gasteiger partial charge in [-0.2, -0.15) is 0 Å². The maximum Gasteiger partial charge on any atom is 0.263 e. The second-order valence-electron chi connectivity index (χ2n) is 6.51. The first-order valence-electron chi connectivity index (χ1n) is 8.99. The predicted molar refractivity (Wildman–Crippen MR) is 103 cm³/mol. The second-order valence-corrected chi connectivity index (χ2v) is 6.51. The number of anilines is 1. The van der Waals surface area contributed by atoms with Crippen LogP contribution in [0.15, 0.2) is 48.5 Å². The summed E-state index contributed by atoms with van der Waals surface area (Å²) in [4.78, 5) is 16.9. The van der Waals surface area contributed by atoms with Gasteiger partial charge in [0.2, 0.25) is 0 Å². The third-order valence-electron chi connectivity index (χ3n) is 4.76. The van der Waals surface area contributed by atoms with Crippen LogP contribution in [0.4, 0.5) is 5.69 Å². The van der Waals surface area contributed by atoms with Crippen LogP contribution >= 0.6 is 0 Å². The van der Waals surface area contributed by atoms with Crippen LogP contribution in [-0.4, -0.2) is 50.2 Å². The number of nitrogens with zero attached hydrogens (tertiary/aromatic N) is 2. The van der Waals surface area contributed by atoms with Gasteiger partial charge in [0.1, 0.15) is 11.5 Å². The Kier molecular flexibility index (Phi) is 5.66. The van der Waals surface area contributed by atoms with Crippen molar-refractivity contribution in [1.29, 1.82) is 0 Å². The molecule has 1 saturated heterocycles. The van der Waals surface area contributed by atoms with Crippen LogP contribution < -0.4 is 14.4 Å². The topological polar surface area (TPSA) is 42.0 Å². The molecule has 0 bridgehead atoms. The number of rotatable bonds is 5. The Balaban J connectivity index is 1.59. The highest BCUT2D eigenvalue weighted by molar-refractivity contribution is 5.81. The lowest BCUT2D eigenvalue weighted by Crippen LogP contribution is -2.52. The lowest BCUT2D eigenvalue weighted by Gasteiger charge is -2.37. The number of amides is 1. The molecule has 0 aliphatic carbocycles. The van der Waals surface area contributed by atoms with Gasteiger partial charge in [-0.15, -0.1) is 0 Å². The van der Waals surface area contributed by atoms with Gasteiger partial charge in [-0.05, 0) is 37.6 Å². The molecule has 5 heteroatoms. The molecule has 0 aromatic heterocycles. The number of carbonyl (C=O) groups excluding carboxylic acids is 1. The van der Waals surface area contributed by atoms with Crippen molar-refractivity contribution in [2.75, 3.05) is 38.2 Å². The minimum Gasteiger partial charge on any atom is -0.495 e. The van der Waals surface area contributed by atoms with Gasteiger partial charge in [-0.3, -0.25) is 4.79 Å². The van der Waals surface area contributed by atoms with Crippen LogP contribution in [0.5, 0.6) is 11.5 Å². The molecule has 2 aromatic rings. The van der Waals surface area contributed by atoms with E-state index < -0.39 is 6.10 Å². The molecule has 2 aromatic carbocycles. The normalized spacial score (nSPS) is 15.5. The standard InChI is InChI=1S/C21H26N2O3/c1-16-8-4-6-10-19(16)26-17(2)21(24)23-14-12-22(13-15-23)18-9-5-7-11-20(18)25-3/h4-11,17H,12-15H2,1-3H3/t17-/m0/s1. The number of ether oxygens (including phenoxy) is 2. The highest BCUT2D eigenvalue weighted by atomic mass is 16.5. The molecule has 138 valence electrons. The maximum atomic E-state index is 12.7. The van der Waals surface area contributed by atoms with E-state index in [2.05, 4.69) is 11.0 Å². The molecule has 0 spiro atoms. The summed E-state index contributed by atoms with van der Waals surface area (Å²) in [5, 5.41) is 0. The first-order valence-corrected chi connectivity index (χ1v) is 8.99. The molecule has 1 aliphatic rings. The number of benzene rings is 2. The Bertz CT molecular complexity index is 754. The van der Waals surface area contributed by atoms with Gasteiger partial charge in [0.05, 0.1) is 12.8 Å². The van der Waals surface area contributed by atoms with Crippen LogP contribution in [0, 0.1) is 6.92 Å². The van der Waals surface area contributed by atoms with Crippen LogP contribution in [-0.2, 0) is 4.79 Å². The van der Waals surface area contributed by atoms with E-state index in [1.54, 1.807) is 7.11 Å². The van der Waals surface area contributed by atoms with Crippen molar-refractivity contribution in [1.82, 2.24) is 4.90 Å². The molecule has 0 N–H and O–H groups in total. The number of hydrogen-bond acceptors (Lipinski definition) is 4. The molecular formula is C21H26N2O3. The van der Waals surface area contributed by atoms with E-state index in [0.717, 1.165) is 35.8 Å². The quantitative estimate of drug-likeness (QED) is 0.827. The van der Waals surface area contributed by atoms with Gasteiger partial charge >= 0.3 is 0 Å². The molecule has 1 heterocycles. The minimum atomic E-state index is -0.492. The zero-order chi connectivity index (χ0) is 18.5. The van der Waals surface area contributed by atoms with Crippen LogP contribution in [0.25, 0.3) is 0 Å². The molecule has 1 aliphatic heterocycles. The molecular weight excluding hydrogens is 328 g/mol. The van der Waals surface area contributed by atoms with Crippen molar-refractivity contribution in [3.8, 4) is 11.5 Å². The average molecular weight is 354 g/mol.